The van der Waals surface area contributed by atoms with E-state index in [0.717, 1.165) is 33.9 Å². The fourth-order valence-corrected chi connectivity index (χ4v) is 3.01. The lowest BCUT2D eigenvalue weighted by Gasteiger charge is -2.11. The van der Waals surface area contributed by atoms with Crippen LogP contribution >= 0.6 is 11.6 Å². The molecule has 0 unspecified atom stereocenters. The number of hydrogen-bond donors (Lipinski definition) is 0. The third kappa shape index (κ3) is 4.02. The predicted molar refractivity (Wildman–Crippen MR) is 110 cm³/mol. The van der Waals surface area contributed by atoms with E-state index in [9.17, 15) is 0 Å². The first-order valence-corrected chi connectivity index (χ1v) is 9.18. The van der Waals surface area contributed by atoms with Crippen molar-refractivity contribution >= 4 is 11.6 Å². The minimum atomic E-state index is 0.285. The van der Waals surface area contributed by atoms with Gasteiger partial charge in [-0.15, -0.1) is 0 Å². The number of aromatic nitrogens is 1. The quantitative estimate of drug-likeness (QED) is 0.389. The van der Waals surface area contributed by atoms with Crippen LogP contribution in [0.2, 0.25) is 5.02 Å². The van der Waals surface area contributed by atoms with Crippen molar-refractivity contribution in [3.8, 4) is 33.9 Å². The zero-order valence-corrected chi connectivity index (χ0v) is 16.0. The summed E-state index contributed by atoms with van der Waals surface area (Å²) in [6.07, 6.45) is 0. The summed E-state index contributed by atoms with van der Waals surface area (Å²) in [6.45, 7) is 0.285. The van der Waals surface area contributed by atoms with Crippen LogP contribution in [0, 0.1) is 0 Å². The molecule has 0 N–H and O–H groups in total. The maximum atomic E-state index is 6.02. The molecule has 0 aliphatic rings. The van der Waals surface area contributed by atoms with E-state index < -0.39 is 0 Å². The van der Waals surface area contributed by atoms with E-state index in [1.807, 2.05) is 78.9 Å². The molecule has 0 amide bonds. The number of rotatable bonds is 6. The molecular formula is C23H18ClNO3. The lowest BCUT2D eigenvalue weighted by Crippen LogP contribution is -1.95. The maximum Gasteiger partial charge on any atom is 0.174 e. The van der Waals surface area contributed by atoms with Crippen molar-refractivity contribution in [2.75, 3.05) is 7.11 Å². The smallest absolute Gasteiger partial charge is 0.174 e. The van der Waals surface area contributed by atoms with Crippen LogP contribution < -0.4 is 9.47 Å². The molecule has 1 aromatic heterocycles. The summed E-state index contributed by atoms with van der Waals surface area (Å²) >= 11 is 5.93. The highest BCUT2D eigenvalue weighted by atomic mass is 35.5. The predicted octanol–water partition coefficient (Wildman–Crippen LogP) is 6.25. The second kappa shape index (κ2) is 8.19. The van der Waals surface area contributed by atoms with Gasteiger partial charge in [0, 0.05) is 22.2 Å². The van der Waals surface area contributed by atoms with E-state index in [0.29, 0.717) is 10.8 Å². The van der Waals surface area contributed by atoms with Gasteiger partial charge in [0.05, 0.1) is 7.11 Å². The van der Waals surface area contributed by atoms with Crippen LogP contribution in [0.4, 0.5) is 0 Å². The molecule has 0 saturated carbocycles. The summed E-state index contributed by atoms with van der Waals surface area (Å²) in [5, 5.41) is 4.80. The Hall–Kier alpha value is -3.24. The standard InChI is InChI=1S/C23H18ClNO3/c1-26-19-12-8-16(9-13-19)21-4-2-3-5-23(21)27-15-20-14-22(25-28-20)17-6-10-18(24)11-7-17/h2-14H,15H2,1H3. The minimum absolute atomic E-state index is 0.285. The Kier molecular flexibility index (Phi) is 5.31. The van der Waals surface area contributed by atoms with E-state index in [4.69, 9.17) is 25.6 Å². The van der Waals surface area contributed by atoms with E-state index in [-0.39, 0.29) is 6.61 Å². The number of methoxy groups -OCH3 is 1. The number of benzene rings is 3. The van der Waals surface area contributed by atoms with Crippen molar-refractivity contribution in [2.24, 2.45) is 0 Å². The van der Waals surface area contributed by atoms with Crippen LogP contribution in [0.3, 0.4) is 0 Å². The van der Waals surface area contributed by atoms with Crippen LogP contribution in [-0.2, 0) is 6.61 Å². The molecule has 0 bridgehead atoms. The zero-order chi connectivity index (χ0) is 19.3. The Morgan fingerprint density at radius 3 is 2.36 bits per heavy atom. The minimum Gasteiger partial charge on any atom is -0.497 e. The lowest BCUT2D eigenvalue weighted by molar-refractivity contribution is 0.250. The Morgan fingerprint density at radius 2 is 1.61 bits per heavy atom. The molecule has 0 aliphatic carbocycles. The number of ether oxygens (including phenoxy) is 2. The molecule has 1 heterocycles. The van der Waals surface area contributed by atoms with Gasteiger partial charge in [0.25, 0.3) is 0 Å². The summed E-state index contributed by atoms with van der Waals surface area (Å²) in [4.78, 5) is 0. The number of para-hydroxylation sites is 1. The summed E-state index contributed by atoms with van der Waals surface area (Å²) in [5.74, 6) is 2.24. The van der Waals surface area contributed by atoms with Gasteiger partial charge < -0.3 is 14.0 Å². The Bertz CT molecular complexity index is 1060. The molecule has 0 saturated heterocycles. The molecule has 4 rings (SSSR count). The number of nitrogens with zero attached hydrogens (tertiary/aromatic N) is 1. The summed E-state index contributed by atoms with van der Waals surface area (Å²) < 4.78 is 16.7. The second-order valence-corrected chi connectivity index (χ2v) is 6.64. The number of hydrogen-bond acceptors (Lipinski definition) is 4. The van der Waals surface area contributed by atoms with Gasteiger partial charge in [0.15, 0.2) is 5.76 Å². The molecule has 0 radical (unpaired) electrons. The molecule has 3 aromatic carbocycles. The Labute approximate surface area is 168 Å². The molecule has 0 aliphatic heterocycles. The van der Waals surface area contributed by atoms with Crippen LogP contribution in [0.25, 0.3) is 22.4 Å². The van der Waals surface area contributed by atoms with Crippen molar-refractivity contribution < 1.29 is 14.0 Å². The highest BCUT2D eigenvalue weighted by molar-refractivity contribution is 6.30. The molecule has 0 atom stereocenters. The van der Waals surface area contributed by atoms with Gasteiger partial charge in [0.1, 0.15) is 23.8 Å². The monoisotopic (exact) mass is 391 g/mol. The van der Waals surface area contributed by atoms with Crippen LogP contribution in [-0.4, -0.2) is 12.3 Å². The van der Waals surface area contributed by atoms with Crippen molar-refractivity contribution in [1.29, 1.82) is 0 Å². The lowest BCUT2D eigenvalue weighted by atomic mass is 10.0. The molecule has 4 aromatic rings. The van der Waals surface area contributed by atoms with E-state index in [2.05, 4.69) is 5.16 Å². The van der Waals surface area contributed by atoms with E-state index >= 15 is 0 Å². The Balaban J connectivity index is 1.50. The first-order chi connectivity index (χ1) is 13.7. The van der Waals surface area contributed by atoms with Gasteiger partial charge in [-0.2, -0.15) is 0 Å². The fourth-order valence-electron chi connectivity index (χ4n) is 2.89. The summed E-state index contributed by atoms with van der Waals surface area (Å²) in [7, 11) is 1.65. The first-order valence-electron chi connectivity index (χ1n) is 8.81. The van der Waals surface area contributed by atoms with Crippen molar-refractivity contribution in [1.82, 2.24) is 5.16 Å². The fraction of sp³-hybridized carbons (Fsp3) is 0.0870. The van der Waals surface area contributed by atoms with Gasteiger partial charge >= 0.3 is 0 Å². The van der Waals surface area contributed by atoms with Crippen molar-refractivity contribution in [3.05, 3.63) is 89.6 Å². The second-order valence-electron chi connectivity index (χ2n) is 6.20. The number of halogens is 1. The van der Waals surface area contributed by atoms with Gasteiger partial charge in [-0.1, -0.05) is 59.2 Å². The third-order valence-electron chi connectivity index (χ3n) is 4.36. The van der Waals surface area contributed by atoms with Crippen molar-refractivity contribution in [2.45, 2.75) is 6.61 Å². The molecule has 0 spiro atoms. The largest absolute Gasteiger partial charge is 0.497 e. The van der Waals surface area contributed by atoms with Gasteiger partial charge in [-0.05, 0) is 35.9 Å². The zero-order valence-electron chi connectivity index (χ0n) is 15.3. The topological polar surface area (TPSA) is 44.5 Å². The van der Waals surface area contributed by atoms with Gasteiger partial charge in [-0.3, -0.25) is 0 Å². The normalized spacial score (nSPS) is 10.6. The summed E-state index contributed by atoms with van der Waals surface area (Å²) in [5.41, 5.74) is 3.75. The molecule has 5 heteroatoms. The summed E-state index contributed by atoms with van der Waals surface area (Å²) in [6, 6.07) is 25.1. The van der Waals surface area contributed by atoms with E-state index in [1.54, 1.807) is 7.11 Å². The van der Waals surface area contributed by atoms with Gasteiger partial charge in [-0.25, -0.2) is 0 Å². The van der Waals surface area contributed by atoms with E-state index in [1.165, 1.54) is 0 Å². The molecule has 28 heavy (non-hydrogen) atoms. The average Bonchev–Trinajstić information content (AvgIpc) is 3.22. The van der Waals surface area contributed by atoms with Crippen LogP contribution in [0.5, 0.6) is 11.5 Å². The third-order valence-corrected chi connectivity index (χ3v) is 4.61. The van der Waals surface area contributed by atoms with Crippen molar-refractivity contribution in [3.63, 3.8) is 0 Å². The maximum absolute atomic E-state index is 6.02. The Morgan fingerprint density at radius 1 is 0.893 bits per heavy atom. The highest BCUT2D eigenvalue weighted by Crippen LogP contribution is 2.31. The van der Waals surface area contributed by atoms with Crippen LogP contribution in [0.1, 0.15) is 5.76 Å². The first kappa shape index (κ1) is 18.1. The highest BCUT2D eigenvalue weighted by Gasteiger charge is 2.10. The molecule has 0 fully saturated rings. The average molecular weight is 392 g/mol. The van der Waals surface area contributed by atoms with Crippen LogP contribution in [0.15, 0.2) is 83.4 Å². The SMILES string of the molecule is COc1ccc(-c2ccccc2OCc2cc(-c3ccc(Cl)cc3)no2)cc1. The molecule has 140 valence electrons. The molecular weight excluding hydrogens is 374 g/mol. The van der Waals surface area contributed by atoms with Gasteiger partial charge in [0.2, 0.25) is 0 Å². The molecule has 4 nitrogen and oxygen atoms in total.